The second kappa shape index (κ2) is 10.1. The number of nitrogens with zero attached hydrogens (tertiary/aromatic N) is 1. The third-order valence-electron chi connectivity index (χ3n) is 4.39. The van der Waals surface area contributed by atoms with Gasteiger partial charge in [0.2, 0.25) is 0 Å². The Morgan fingerprint density at radius 2 is 1.74 bits per heavy atom. The molecule has 3 aromatic rings. The van der Waals surface area contributed by atoms with Crippen LogP contribution in [0.15, 0.2) is 42.6 Å². The number of hydrogen-bond donors (Lipinski definition) is 1. The second-order valence-electron chi connectivity index (χ2n) is 6.81. The molecule has 0 radical (unpaired) electrons. The molecule has 2 aromatic carbocycles. The van der Waals surface area contributed by atoms with Crippen LogP contribution in [0.5, 0.6) is 17.2 Å². The fourth-order valence-electron chi connectivity index (χ4n) is 2.77. The molecular weight excluding hydrogens is 503 g/mol. The SMILES string of the molecule is COC(=O)c1cc(NC(=O)c2c(Oc3ccc(OC(F)(F)F)c(F)c3)ccc(Cl)c2F)c(C)cn1. The van der Waals surface area contributed by atoms with Crippen molar-refractivity contribution in [3.63, 3.8) is 0 Å². The van der Waals surface area contributed by atoms with E-state index in [0.29, 0.717) is 17.7 Å². The molecular formula is C22H14ClF5N2O5. The van der Waals surface area contributed by atoms with Crippen molar-refractivity contribution in [2.75, 3.05) is 12.4 Å². The van der Waals surface area contributed by atoms with Gasteiger partial charge >= 0.3 is 12.3 Å². The van der Waals surface area contributed by atoms with Gasteiger partial charge in [-0.05, 0) is 42.8 Å². The summed E-state index contributed by atoms with van der Waals surface area (Å²) >= 11 is 5.80. The number of amides is 1. The average Bonchev–Trinajstić information content (AvgIpc) is 2.78. The summed E-state index contributed by atoms with van der Waals surface area (Å²) in [4.78, 5) is 28.5. The topological polar surface area (TPSA) is 86.8 Å². The number of rotatable bonds is 6. The first-order chi connectivity index (χ1) is 16.4. The van der Waals surface area contributed by atoms with Crippen molar-refractivity contribution in [2.45, 2.75) is 13.3 Å². The molecule has 0 atom stereocenters. The molecule has 7 nitrogen and oxygen atoms in total. The highest BCUT2D eigenvalue weighted by Crippen LogP contribution is 2.34. The molecule has 0 fully saturated rings. The van der Waals surface area contributed by atoms with Gasteiger partial charge in [-0.25, -0.2) is 18.6 Å². The van der Waals surface area contributed by atoms with Crippen LogP contribution in [0, 0.1) is 18.6 Å². The number of ether oxygens (including phenoxy) is 3. The number of hydrogen-bond acceptors (Lipinski definition) is 6. The Kier molecular flexibility index (Phi) is 7.44. The van der Waals surface area contributed by atoms with Gasteiger partial charge in [0.05, 0.1) is 12.1 Å². The fourth-order valence-corrected chi connectivity index (χ4v) is 2.93. The smallest absolute Gasteiger partial charge is 0.464 e. The first-order valence-corrected chi connectivity index (χ1v) is 9.85. The lowest BCUT2D eigenvalue weighted by Gasteiger charge is -2.15. The first kappa shape index (κ1) is 25.7. The molecule has 0 bridgehead atoms. The van der Waals surface area contributed by atoms with E-state index in [4.69, 9.17) is 16.3 Å². The minimum absolute atomic E-state index is 0.0930. The predicted molar refractivity (Wildman–Crippen MR) is 113 cm³/mol. The minimum atomic E-state index is -5.12. The molecule has 0 saturated carbocycles. The van der Waals surface area contributed by atoms with Crippen LogP contribution in [0.25, 0.3) is 0 Å². The maximum absolute atomic E-state index is 14.8. The molecule has 0 spiro atoms. The van der Waals surface area contributed by atoms with Crippen molar-refractivity contribution in [1.82, 2.24) is 4.98 Å². The standard InChI is InChI=1S/C22H14ClF5N2O5/c1-10-9-29-15(21(32)33-2)8-14(10)30-20(31)18-17(6-4-12(23)19(18)25)34-11-3-5-16(13(24)7-11)35-22(26,27)28/h3-9H,1-2H3,(H,29,30,31). The number of carbonyl (C=O) groups is 2. The normalized spacial score (nSPS) is 11.1. The molecule has 184 valence electrons. The Morgan fingerprint density at radius 1 is 1.06 bits per heavy atom. The predicted octanol–water partition coefficient (Wildman–Crippen LogP) is 6.05. The maximum Gasteiger partial charge on any atom is 0.573 e. The number of carbonyl (C=O) groups excluding carboxylic acids is 2. The van der Waals surface area contributed by atoms with Crippen LogP contribution in [0.1, 0.15) is 26.4 Å². The lowest BCUT2D eigenvalue weighted by molar-refractivity contribution is -0.275. The van der Waals surface area contributed by atoms with Crippen LogP contribution in [0.2, 0.25) is 5.02 Å². The molecule has 0 aliphatic carbocycles. The Hall–Kier alpha value is -3.93. The van der Waals surface area contributed by atoms with Gasteiger partial charge in [0.15, 0.2) is 17.4 Å². The zero-order valence-corrected chi connectivity index (χ0v) is 18.6. The highest BCUT2D eigenvalue weighted by Gasteiger charge is 2.32. The summed E-state index contributed by atoms with van der Waals surface area (Å²) < 4.78 is 79.3. The minimum Gasteiger partial charge on any atom is -0.464 e. The lowest BCUT2D eigenvalue weighted by atomic mass is 10.1. The van der Waals surface area contributed by atoms with Crippen LogP contribution in [0.4, 0.5) is 27.6 Å². The van der Waals surface area contributed by atoms with Gasteiger partial charge < -0.3 is 19.5 Å². The van der Waals surface area contributed by atoms with Gasteiger partial charge in [0.1, 0.15) is 22.8 Å². The Labute approximate surface area is 199 Å². The first-order valence-electron chi connectivity index (χ1n) is 9.47. The van der Waals surface area contributed by atoms with Gasteiger partial charge in [-0.3, -0.25) is 4.79 Å². The average molecular weight is 517 g/mol. The molecule has 1 amide bonds. The summed E-state index contributed by atoms with van der Waals surface area (Å²) in [5.74, 6) is -6.32. The van der Waals surface area contributed by atoms with E-state index in [2.05, 4.69) is 19.8 Å². The van der Waals surface area contributed by atoms with Crippen LogP contribution in [-0.4, -0.2) is 30.3 Å². The van der Waals surface area contributed by atoms with Crippen LogP contribution in [-0.2, 0) is 4.74 Å². The van der Waals surface area contributed by atoms with Crippen molar-refractivity contribution in [3.05, 3.63) is 76.1 Å². The van der Waals surface area contributed by atoms with Crippen molar-refractivity contribution < 1.29 is 45.8 Å². The summed E-state index contributed by atoms with van der Waals surface area (Å²) in [5.41, 5.74) is -0.314. The summed E-state index contributed by atoms with van der Waals surface area (Å²) in [6.07, 6.45) is -3.84. The van der Waals surface area contributed by atoms with Gasteiger partial charge in [0.25, 0.3) is 5.91 Å². The Bertz CT molecular complexity index is 1300. The molecule has 0 saturated heterocycles. The number of aromatic nitrogens is 1. The number of alkyl halides is 3. The van der Waals surface area contributed by atoms with Crippen LogP contribution in [0.3, 0.4) is 0 Å². The van der Waals surface area contributed by atoms with E-state index >= 15 is 0 Å². The number of aryl methyl sites for hydroxylation is 1. The van der Waals surface area contributed by atoms with Crippen molar-refractivity contribution >= 4 is 29.2 Å². The van der Waals surface area contributed by atoms with Gasteiger partial charge in [-0.1, -0.05) is 11.6 Å². The summed E-state index contributed by atoms with van der Waals surface area (Å²) in [5, 5.41) is 1.96. The third-order valence-corrected chi connectivity index (χ3v) is 4.68. The second-order valence-corrected chi connectivity index (χ2v) is 7.21. The molecule has 3 rings (SSSR count). The van der Waals surface area contributed by atoms with Crippen LogP contribution >= 0.6 is 11.6 Å². The molecule has 1 aromatic heterocycles. The van der Waals surface area contributed by atoms with Crippen molar-refractivity contribution in [2.24, 2.45) is 0 Å². The number of pyridine rings is 1. The van der Waals surface area contributed by atoms with E-state index in [0.717, 1.165) is 25.3 Å². The fraction of sp³-hybridized carbons (Fsp3) is 0.136. The number of halogens is 6. The third kappa shape index (κ3) is 6.15. The Morgan fingerprint density at radius 3 is 2.37 bits per heavy atom. The van der Waals surface area contributed by atoms with Crippen molar-refractivity contribution in [1.29, 1.82) is 0 Å². The number of esters is 1. The highest BCUT2D eigenvalue weighted by atomic mass is 35.5. The lowest BCUT2D eigenvalue weighted by Crippen LogP contribution is -2.18. The van der Waals surface area contributed by atoms with Gasteiger partial charge in [-0.2, -0.15) is 0 Å². The monoisotopic (exact) mass is 516 g/mol. The maximum atomic E-state index is 14.8. The molecule has 0 unspecified atom stereocenters. The van der Waals surface area contributed by atoms with E-state index in [-0.39, 0.29) is 17.1 Å². The quantitative estimate of drug-likeness (QED) is 0.317. The highest BCUT2D eigenvalue weighted by molar-refractivity contribution is 6.31. The number of anilines is 1. The molecule has 0 aliphatic rings. The largest absolute Gasteiger partial charge is 0.573 e. The van der Waals surface area contributed by atoms with Gasteiger partial charge in [-0.15, -0.1) is 13.2 Å². The van der Waals surface area contributed by atoms with Gasteiger partial charge in [0, 0.05) is 18.0 Å². The number of nitrogens with one attached hydrogen (secondary N) is 1. The van der Waals surface area contributed by atoms with Crippen LogP contribution < -0.4 is 14.8 Å². The zero-order valence-electron chi connectivity index (χ0n) is 17.8. The summed E-state index contributed by atoms with van der Waals surface area (Å²) in [6.45, 7) is 1.56. The van der Waals surface area contributed by atoms with E-state index in [1.807, 2.05) is 0 Å². The molecule has 1 heterocycles. The number of methoxy groups -OCH3 is 1. The van der Waals surface area contributed by atoms with E-state index in [1.54, 1.807) is 6.92 Å². The molecule has 13 heteroatoms. The molecule has 0 aliphatic heterocycles. The Balaban J connectivity index is 1.94. The summed E-state index contributed by atoms with van der Waals surface area (Å²) in [7, 11) is 1.14. The van der Waals surface area contributed by atoms with E-state index in [1.165, 1.54) is 12.3 Å². The van der Waals surface area contributed by atoms with Crippen molar-refractivity contribution in [3.8, 4) is 17.2 Å². The van der Waals surface area contributed by atoms with E-state index in [9.17, 15) is 31.5 Å². The molecule has 1 N–H and O–H groups in total. The zero-order chi connectivity index (χ0) is 25.9. The molecule has 35 heavy (non-hydrogen) atoms. The number of benzene rings is 2. The summed E-state index contributed by atoms with van der Waals surface area (Å²) in [6, 6.07) is 5.51. The van der Waals surface area contributed by atoms with E-state index < -0.39 is 52.0 Å².